The van der Waals surface area contributed by atoms with Crippen LogP contribution in [-0.2, 0) is 13.0 Å². The first-order chi connectivity index (χ1) is 9.56. The maximum absolute atomic E-state index is 13.1. The van der Waals surface area contributed by atoms with Gasteiger partial charge in [0.1, 0.15) is 5.82 Å². The highest BCUT2D eigenvalue weighted by atomic mass is 35.5. The summed E-state index contributed by atoms with van der Waals surface area (Å²) in [5, 5.41) is 13.9. The molecule has 0 atom stereocenters. The first kappa shape index (κ1) is 14.9. The second kappa shape index (κ2) is 6.78. The third-order valence-electron chi connectivity index (χ3n) is 2.73. The van der Waals surface area contributed by atoms with Gasteiger partial charge in [-0.15, -0.1) is 11.3 Å². The van der Waals surface area contributed by atoms with E-state index in [0.717, 1.165) is 21.7 Å². The van der Waals surface area contributed by atoms with Gasteiger partial charge in [-0.25, -0.2) is 4.39 Å². The highest BCUT2D eigenvalue weighted by molar-refractivity contribution is 7.16. The number of hydrogen-bond acceptors (Lipinski definition) is 4. The molecule has 0 amide bonds. The lowest BCUT2D eigenvalue weighted by atomic mass is 10.1. The van der Waals surface area contributed by atoms with Gasteiger partial charge < -0.3 is 5.32 Å². The molecule has 0 spiro atoms. The van der Waals surface area contributed by atoms with Crippen LogP contribution in [0.3, 0.4) is 0 Å². The molecule has 0 aliphatic carbocycles. The number of halogens is 2. The predicted octanol–water partition coefficient (Wildman–Crippen LogP) is 3.78. The molecule has 106 valence electrons. The van der Waals surface area contributed by atoms with E-state index in [1.165, 1.54) is 23.5 Å². The number of nitro benzene ring substituents is 1. The number of hydrogen-bond donors (Lipinski definition) is 1. The molecule has 0 bridgehead atoms. The third-order valence-corrected chi connectivity index (χ3v) is 4.02. The van der Waals surface area contributed by atoms with E-state index in [9.17, 15) is 14.5 Å². The van der Waals surface area contributed by atoms with Crippen LogP contribution in [0.1, 0.15) is 10.4 Å². The van der Waals surface area contributed by atoms with Crippen molar-refractivity contribution in [2.24, 2.45) is 0 Å². The first-order valence-electron chi connectivity index (χ1n) is 5.94. The van der Waals surface area contributed by atoms with Gasteiger partial charge in [0.15, 0.2) is 0 Å². The number of benzene rings is 1. The second-order valence-electron chi connectivity index (χ2n) is 4.16. The topological polar surface area (TPSA) is 55.2 Å². The van der Waals surface area contributed by atoms with Crippen LogP contribution in [-0.4, -0.2) is 11.5 Å². The van der Waals surface area contributed by atoms with Crippen LogP contribution in [0.2, 0.25) is 4.34 Å². The molecule has 0 aliphatic rings. The van der Waals surface area contributed by atoms with Gasteiger partial charge in [0.25, 0.3) is 5.69 Å². The molecule has 1 aromatic heterocycles. The van der Waals surface area contributed by atoms with Gasteiger partial charge in [-0.05, 0) is 30.7 Å². The normalized spacial score (nSPS) is 10.7. The van der Waals surface area contributed by atoms with E-state index in [1.807, 2.05) is 12.1 Å². The summed E-state index contributed by atoms with van der Waals surface area (Å²) in [6.45, 7) is 0.900. The van der Waals surface area contributed by atoms with Crippen molar-refractivity contribution in [2.45, 2.75) is 13.0 Å². The molecule has 7 heteroatoms. The average molecular weight is 315 g/mol. The molecule has 1 heterocycles. The SMILES string of the molecule is O=[N+]([O-])c1ccc(F)cc1CNCCc1ccc(Cl)s1. The summed E-state index contributed by atoms with van der Waals surface area (Å²) in [6, 6.07) is 7.24. The van der Waals surface area contributed by atoms with E-state index < -0.39 is 10.7 Å². The van der Waals surface area contributed by atoms with Gasteiger partial charge in [-0.3, -0.25) is 10.1 Å². The summed E-state index contributed by atoms with van der Waals surface area (Å²) in [4.78, 5) is 11.5. The van der Waals surface area contributed by atoms with Crippen molar-refractivity contribution in [1.82, 2.24) is 5.32 Å². The molecule has 1 N–H and O–H groups in total. The van der Waals surface area contributed by atoms with E-state index >= 15 is 0 Å². The minimum absolute atomic E-state index is 0.0712. The zero-order chi connectivity index (χ0) is 14.5. The predicted molar refractivity (Wildman–Crippen MR) is 77.8 cm³/mol. The van der Waals surface area contributed by atoms with Gasteiger partial charge in [-0.2, -0.15) is 0 Å². The van der Waals surface area contributed by atoms with Crippen molar-refractivity contribution in [2.75, 3.05) is 6.54 Å². The number of nitro groups is 1. The Morgan fingerprint density at radius 2 is 2.15 bits per heavy atom. The van der Waals surface area contributed by atoms with Crippen LogP contribution in [0, 0.1) is 15.9 Å². The third kappa shape index (κ3) is 4.00. The lowest BCUT2D eigenvalue weighted by Crippen LogP contribution is -2.17. The molecule has 0 saturated heterocycles. The van der Waals surface area contributed by atoms with E-state index in [-0.39, 0.29) is 12.2 Å². The zero-order valence-electron chi connectivity index (χ0n) is 10.4. The summed E-state index contributed by atoms with van der Waals surface area (Å²) < 4.78 is 13.9. The molecule has 0 aliphatic heterocycles. The van der Waals surface area contributed by atoms with Crippen molar-refractivity contribution >= 4 is 28.6 Å². The highest BCUT2D eigenvalue weighted by Gasteiger charge is 2.13. The molecule has 1 aromatic carbocycles. The number of nitrogens with zero attached hydrogens (tertiary/aromatic N) is 1. The first-order valence-corrected chi connectivity index (χ1v) is 7.13. The Bertz CT molecular complexity index is 618. The highest BCUT2D eigenvalue weighted by Crippen LogP contribution is 2.22. The summed E-state index contributed by atoms with van der Waals surface area (Å²) in [7, 11) is 0. The largest absolute Gasteiger partial charge is 0.312 e. The molecular weight excluding hydrogens is 303 g/mol. The summed E-state index contributed by atoms with van der Waals surface area (Å²) in [5.74, 6) is -0.475. The van der Waals surface area contributed by atoms with Crippen LogP contribution in [0.15, 0.2) is 30.3 Å². The molecule has 2 aromatic rings. The zero-order valence-corrected chi connectivity index (χ0v) is 12.0. The van der Waals surface area contributed by atoms with E-state index in [0.29, 0.717) is 12.1 Å². The Balaban J connectivity index is 1.90. The molecular formula is C13H12ClFN2O2S. The minimum atomic E-state index is -0.504. The summed E-state index contributed by atoms with van der Waals surface area (Å²) in [5.41, 5.74) is 0.275. The van der Waals surface area contributed by atoms with E-state index in [1.54, 1.807) is 0 Å². The Morgan fingerprint density at radius 1 is 1.35 bits per heavy atom. The molecule has 0 unspecified atom stereocenters. The minimum Gasteiger partial charge on any atom is -0.312 e. The molecule has 4 nitrogen and oxygen atoms in total. The smallest absolute Gasteiger partial charge is 0.274 e. The Kier molecular flexibility index (Phi) is 5.05. The summed E-state index contributed by atoms with van der Waals surface area (Å²) in [6.07, 6.45) is 0.778. The van der Waals surface area contributed by atoms with Crippen molar-refractivity contribution < 1.29 is 9.31 Å². The van der Waals surface area contributed by atoms with Crippen molar-refractivity contribution in [3.05, 3.63) is 61.0 Å². The van der Waals surface area contributed by atoms with E-state index in [4.69, 9.17) is 11.6 Å². The molecule has 0 saturated carbocycles. The molecule has 20 heavy (non-hydrogen) atoms. The van der Waals surface area contributed by atoms with Crippen LogP contribution in [0.5, 0.6) is 0 Å². The van der Waals surface area contributed by atoms with Crippen LogP contribution in [0.4, 0.5) is 10.1 Å². The fourth-order valence-electron chi connectivity index (χ4n) is 1.79. The quantitative estimate of drug-likeness (QED) is 0.501. The average Bonchev–Trinajstić information content (AvgIpc) is 2.80. The van der Waals surface area contributed by atoms with Gasteiger partial charge in [0.05, 0.1) is 9.26 Å². The van der Waals surface area contributed by atoms with Gasteiger partial charge in [0, 0.05) is 29.6 Å². The Hall–Kier alpha value is -1.50. The van der Waals surface area contributed by atoms with Crippen LogP contribution in [0.25, 0.3) is 0 Å². The van der Waals surface area contributed by atoms with Crippen molar-refractivity contribution in [3.63, 3.8) is 0 Å². The number of rotatable bonds is 6. The fourth-order valence-corrected chi connectivity index (χ4v) is 2.88. The van der Waals surface area contributed by atoms with Gasteiger partial charge in [-0.1, -0.05) is 11.6 Å². The van der Waals surface area contributed by atoms with Crippen molar-refractivity contribution in [1.29, 1.82) is 0 Å². The number of nitrogens with one attached hydrogen (secondary N) is 1. The van der Waals surface area contributed by atoms with Crippen LogP contribution >= 0.6 is 22.9 Å². The lowest BCUT2D eigenvalue weighted by Gasteiger charge is -2.05. The second-order valence-corrected chi connectivity index (χ2v) is 5.96. The van der Waals surface area contributed by atoms with E-state index in [2.05, 4.69) is 5.32 Å². The molecule has 0 radical (unpaired) electrons. The molecule has 2 rings (SSSR count). The lowest BCUT2D eigenvalue weighted by molar-refractivity contribution is -0.385. The number of thiophene rings is 1. The molecule has 0 fully saturated rings. The maximum Gasteiger partial charge on any atom is 0.274 e. The summed E-state index contributed by atoms with van der Waals surface area (Å²) >= 11 is 7.33. The Morgan fingerprint density at radius 3 is 2.80 bits per heavy atom. The van der Waals surface area contributed by atoms with Gasteiger partial charge in [0.2, 0.25) is 0 Å². The van der Waals surface area contributed by atoms with Crippen molar-refractivity contribution in [3.8, 4) is 0 Å². The monoisotopic (exact) mass is 314 g/mol. The maximum atomic E-state index is 13.1. The van der Waals surface area contributed by atoms with Crippen LogP contribution < -0.4 is 5.32 Å². The Labute approximate surface area is 124 Å². The standard InChI is InChI=1S/C13H12ClFN2O2S/c14-13-4-2-11(20-13)5-6-16-8-9-7-10(15)1-3-12(9)17(18)19/h1-4,7,16H,5-6,8H2. The van der Waals surface area contributed by atoms with Gasteiger partial charge >= 0.3 is 0 Å². The fraction of sp³-hybridized carbons (Fsp3) is 0.231.